The number of anilines is 1. The van der Waals surface area contributed by atoms with E-state index in [0.717, 1.165) is 24.9 Å². The van der Waals surface area contributed by atoms with Gasteiger partial charge in [0.05, 0.1) is 6.20 Å². The number of nitrogens with one attached hydrogen (secondary N) is 1. The molecule has 0 amide bonds. The van der Waals surface area contributed by atoms with Crippen LogP contribution in [0.5, 0.6) is 0 Å². The molecule has 4 heteroatoms. The molecule has 0 aliphatic carbocycles. The molecule has 1 N–H and O–H groups in total. The standard InChI is InChI=1S/C11H16N4/c1-2-10-8-15(6-3-9(1)14-10)11-7-12-4-5-13-11/h4-5,7,9-10,14H,1-3,6,8H2. The highest BCUT2D eigenvalue weighted by molar-refractivity contribution is 5.36. The second-order valence-electron chi connectivity index (χ2n) is 4.44. The Bertz CT molecular complexity index is 327. The molecular formula is C11H16N4. The van der Waals surface area contributed by atoms with E-state index >= 15 is 0 Å². The van der Waals surface area contributed by atoms with Gasteiger partial charge in [0.25, 0.3) is 0 Å². The summed E-state index contributed by atoms with van der Waals surface area (Å²) in [7, 11) is 0. The molecule has 80 valence electrons. The van der Waals surface area contributed by atoms with Crippen molar-refractivity contribution in [2.75, 3.05) is 18.0 Å². The highest BCUT2D eigenvalue weighted by Gasteiger charge is 2.29. The summed E-state index contributed by atoms with van der Waals surface area (Å²) in [4.78, 5) is 10.8. The third-order valence-corrected chi connectivity index (χ3v) is 3.40. The van der Waals surface area contributed by atoms with E-state index in [2.05, 4.69) is 20.2 Å². The molecule has 1 aromatic heterocycles. The van der Waals surface area contributed by atoms with Crippen LogP contribution < -0.4 is 10.2 Å². The Morgan fingerprint density at radius 3 is 3.00 bits per heavy atom. The number of fused-ring (bicyclic) bond motifs is 2. The summed E-state index contributed by atoms with van der Waals surface area (Å²) in [5.74, 6) is 1.02. The normalized spacial score (nSPS) is 30.3. The van der Waals surface area contributed by atoms with Gasteiger partial charge in [0.15, 0.2) is 0 Å². The molecule has 0 spiro atoms. The summed E-state index contributed by atoms with van der Waals surface area (Å²) in [6.07, 6.45) is 9.24. The van der Waals surface area contributed by atoms with E-state index in [-0.39, 0.29) is 0 Å². The minimum absolute atomic E-state index is 0.652. The van der Waals surface area contributed by atoms with Crippen molar-refractivity contribution in [1.82, 2.24) is 15.3 Å². The fraction of sp³-hybridized carbons (Fsp3) is 0.636. The van der Waals surface area contributed by atoms with E-state index in [1.165, 1.54) is 19.3 Å². The van der Waals surface area contributed by atoms with Crippen molar-refractivity contribution >= 4 is 5.82 Å². The van der Waals surface area contributed by atoms with E-state index in [0.29, 0.717) is 6.04 Å². The molecule has 0 aromatic carbocycles. The zero-order valence-corrected chi connectivity index (χ0v) is 8.76. The number of hydrogen-bond acceptors (Lipinski definition) is 4. The Morgan fingerprint density at radius 1 is 1.20 bits per heavy atom. The summed E-state index contributed by atoms with van der Waals surface area (Å²) in [5.41, 5.74) is 0. The van der Waals surface area contributed by atoms with Crippen LogP contribution in [0.15, 0.2) is 18.6 Å². The fourth-order valence-electron chi connectivity index (χ4n) is 2.61. The lowest BCUT2D eigenvalue weighted by atomic mass is 10.1. The molecule has 2 fully saturated rings. The quantitative estimate of drug-likeness (QED) is 0.735. The molecule has 0 radical (unpaired) electrons. The second kappa shape index (κ2) is 3.77. The first kappa shape index (κ1) is 9.09. The monoisotopic (exact) mass is 204 g/mol. The maximum Gasteiger partial charge on any atom is 0.147 e. The van der Waals surface area contributed by atoms with Crippen LogP contribution in [0, 0.1) is 0 Å². The van der Waals surface area contributed by atoms with Crippen LogP contribution in [-0.2, 0) is 0 Å². The summed E-state index contributed by atoms with van der Waals surface area (Å²) in [5, 5.41) is 3.66. The third-order valence-electron chi connectivity index (χ3n) is 3.40. The van der Waals surface area contributed by atoms with E-state index in [1.807, 2.05) is 6.20 Å². The van der Waals surface area contributed by atoms with Gasteiger partial charge in [0.1, 0.15) is 5.82 Å². The van der Waals surface area contributed by atoms with Crippen LogP contribution in [0.4, 0.5) is 5.82 Å². The molecular weight excluding hydrogens is 188 g/mol. The summed E-state index contributed by atoms with van der Waals surface area (Å²) < 4.78 is 0. The van der Waals surface area contributed by atoms with Crippen molar-refractivity contribution in [3.63, 3.8) is 0 Å². The SMILES string of the molecule is c1cnc(N2CCC3CCC(C2)N3)cn1. The third kappa shape index (κ3) is 1.81. The minimum atomic E-state index is 0.652. The maximum absolute atomic E-state index is 4.36. The van der Waals surface area contributed by atoms with Crippen molar-refractivity contribution in [3.05, 3.63) is 18.6 Å². The molecule has 2 aliphatic heterocycles. The van der Waals surface area contributed by atoms with Crippen LogP contribution in [0.3, 0.4) is 0 Å². The van der Waals surface area contributed by atoms with E-state index in [4.69, 9.17) is 0 Å². The summed E-state index contributed by atoms with van der Waals surface area (Å²) in [6, 6.07) is 1.39. The van der Waals surface area contributed by atoms with Gasteiger partial charge < -0.3 is 10.2 Å². The zero-order chi connectivity index (χ0) is 10.1. The van der Waals surface area contributed by atoms with Crippen LogP contribution in [0.1, 0.15) is 19.3 Å². The van der Waals surface area contributed by atoms with Crippen molar-refractivity contribution in [3.8, 4) is 0 Å². The molecule has 4 nitrogen and oxygen atoms in total. The Hall–Kier alpha value is -1.16. The molecule has 2 atom stereocenters. The number of hydrogen-bond donors (Lipinski definition) is 1. The van der Waals surface area contributed by atoms with Crippen LogP contribution >= 0.6 is 0 Å². The van der Waals surface area contributed by atoms with Crippen LogP contribution in [0.2, 0.25) is 0 Å². The van der Waals surface area contributed by atoms with Crippen LogP contribution in [0.25, 0.3) is 0 Å². The number of rotatable bonds is 1. The Labute approximate surface area is 89.7 Å². The lowest BCUT2D eigenvalue weighted by molar-refractivity contribution is 0.563. The van der Waals surface area contributed by atoms with E-state index in [1.54, 1.807) is 12.4 Å². The lowest BCUT2D eigenvalue weighted by Crippen LogP contribution is -2.35. The van der Waals surface area contributed by atoms with E-state index in [9.17, 15) is 0 Å². The number of nitrogens with zero attached hydrogens (tertiary/aromatic N) is 3. The smallest absolute Gasteiger partial charge is 0.147 e. The van der Waals surface area contributed by atoms with Gasteiger partial charge in [-0.3, -0.25) is 4.98 Å². The first-order valence-corrected chi connectivity index (χ1v) is 5.69. The lowest BCUT2D eigenvalue weighted by Gasteiger charge is -2.24. The zero-order valence-electron chi connectivity index (χ0n) is 8.76. The van der Waals surface area contributed by atoms with E-state index < -0.39 is 0 Å². The Kier molecular flexibility index (Phi) is 2.29. The van der Waals surface area contributed by atoms with Gasteiger partial charge >= 0.3 is 0 Å². The predicted molar refractivity (Wildman–Crippen MR) is 58.8 cm³/mol. The van der Waals surface area contributed by atoms with Gasteiger partial charge in [0, 0.05) is 37.6 Å². The van der Waals surface area contributed by atoms with Gasteiger partial charge in [-0.1, -0.05) is 0 Å². The average molecular weight is 204 g/mol. The molecule has 2 unspecified atom stereocenters. The van der Waals surface area contributed by atoms with Crippen molar-refractivity contribution in [2.24, 2.45) is 0 Å². The summed E-state index contributed by atoms with van der Waals surface area (Å²) >= 11 is 0. The largest absolute Gasteiger partial charge is 0.354 e. The van der Waals surface area contributed by atoms with Gasteiger partial charge in [-0.15, -0.1) is 0 Å². The minimum Gasteiger partial charge on any atom is -0.354 e. The van der Waals surface area contributed by atoms with Gasteiger partial charge in [0.2, 0.25) is 0 Å². The Balaban J connectivity index is 1.77. The first-order chi connectivity index (χ1) is 7.42. The average Bonchev–Trinajstić information content (AvgIpc) is 2.60. The fourth-order valence-corrected chi connectivity index (χ4v) is 2.61. The van der Waals surface area contributed by atoms with Gasteiger partial charge in [-0.05, 0) is 19.3 Å². The molecule has 2 aliphatic rings. The molecule has 1 aromatic rings. The molecule has 3 heterocycles. The van der Waals surface area contributed by atoms with Crippen molar-refractivity contribution in [2.45, 2.75) is 31.3 Å². The highest BCUT2D eigenvalue weighted by Crippen LogP contribution is 2.22. The topological polar surface area (TPSA) is 41.1 Å². The molecule has 2 bridgehead atoms. The van der Waals surface area contributed by atoms with Crippen molar-refractivity contribution in [1.29, 1.82) is 0 Å². The second-order valence-corrected chi connectivity index (χ2v) is 4.44. The first-order valence-electron chi connectivity index (χ1n) is 5.69. The number of aromatic nitrogens is 2. The molecule has 2 saturated heterocycles. The van der Waals surface area contributed by atoms with Gasteiger partial charge in [-0.2, -0.15) is 0 Å². The van der Waals surface area contributed by atoms with Gasteiger partial charge in [-0.25, -0.2) is 4.98 Å². The molecule has 0 saturated carbocycles. The molecule has 3 rings (SSSR count). The highest BCUT2D eigenvalue weighted by atomic mass is 15.2. The van der Waals surface area contributed by atoms with Crippen molar-refractivity contribution < 1.29 is 0 Å². The van der Waals surface area contributed by atoms with Crippen LogP contribution in [-0.4, -0.2) is 35.1 Å². The molecule has 15 heavy (non-hydrogen) atoms. The predicted octanol–water partition coefficient (Wildman–Crippen LogP) is 0.807. The summed E-state index contributed by atoms with van der Waals surface area (Å²) in [6.45, 7) is 2.18. The maximum atomic E-state index is 4.36. The Morgan fingerprint density at radius 2 is 2.13 bits per heavy atom.